The summed E-state index contributed by atoms with van der Waals surface area (Å²) in [6.07, 6.45) is 0.537. The summed E-state index contributed by atoms with van der Waals surface area (Å²) in [7, 11) is 1.51. The number of amides is 2. The van der Waals surface area contributed by atoms with Gasteiger partial charge in [-0.25, -0.2) is 0 Å². The third-order valence-corrected chi connectivity index (χ3v) is 3.69. The number of benzene rings is 1. The number of hydrogen-bond acceptors (Lipinski definition) is 3. The summed E-state index contributed by atoms with van der Waals surface area (Å²) < 4.78 is 5.16. The van der Waals surface area contributed by atoms with Crippen LogP contribution in [0.5, 0.6) is 5.75 Å². The highest BCUT2D eigenvalue weighted by molar-refractivity contribution is 6.32. The van der Waals surface area contributed by atoms with Crippen LogP contribution in [0.3, 0.4) is 0 Å². The van der Waals surface area contributed by atoms with Crippen LogP contribution in [0.25, 0.3) is 0 Å². The van der Waals surface area contributed by atoms with Gasteiger partial charge in [0.05, 0.1) is 12.1 Å². The minimum absolute atomic E-state index is 0.138. The number of ether oxygens (including phenoxy) is 1. The first kappa shape index (κ1) is 14.7. The van der Waals surface area contributed by atoms with Crippen molar-refractivity contribution >= 4 is 29.1 Å². The molecule has 0 saturated carbocycles. The van der Waals surface area contributed by atoms with Crippen molar-refractivity contribution in [2.75, 3.05) is 12.0 Å². The maximum Gasteiger partial charge on any atom is 0.250 e. The topological polar surface area (TPSA) is 58.6 Å². The minimum Gasteiger partial charge on any atom is -0.495 e. The maximum absolute atomic E-state index is 12.4. The van der Waals surface area contributed by atoms with Crippen LogP contribution in [0.4, 0.5) is 5.69 Å². The van der Waals surface area contributed by atoms with E-state index in [0.29, 0.717) is 22.9 Å². The lowest BCUT2D eigenvalue weighted by atomic mass is 10.0. The molecule has 1 heterocycles. The largest absolute Gasteiger partial charge is 0.495 e. The molecule has 2 rings (SSSR count). The molecule has 2 unspecified atom stereocenters. The third kappa shape index (κ3) is 2.45. The Morgan fingerprint density at radius 3 is 2.70 bits per heavy atom. The molecular weight excluding hydrogens is 280 g/mol. The molecule has 0 aromatic heterocycles. The Morgan fingerprint density at radius 1 is 1.40 bits per heavy atom. The van der Waals surface area contributed by atoms with Gasteiger partial charge in [-0.1, -0.05) is 18.5 Å². The highest BCUT2D eigenvalue weighted by atomic mass is 35.5. The normalized spacial score (nSPS) is 22.7. The smallest absolute Gasteiger partial charge is 0.250 e. The first-order valence-corrected chi connectivity index (χ1v) is 6.84. The zero-order chi connectivity index (χ0) is 14.9. The van der Waals surface area contributed by atoms with Crippen LogP contribution < -0.4 is 15.0 Å². The highest BCUT2D eigenvalue weighted by Crippen LogP contribution is 2.31. The van der Waals surface area contributed by atoms with E-state index in [1.54, 1.807) is 25.1 Å². The summed E-state index contributed by atoms with van der Waals surface area (Å²) in [4.78, 5) is 25.9. The predicted octanol–water partition coefficient (Wildman–Crippen LogP) is 1.98. The second kappa shape index (κ2) is 5.71. The average molecular weight is 297 g/mol. The lowest BCUT2D eigenvalue weighted by molar-refractivity contribution is -0.133. The predicted molar refractivity (Wildman–Crippen MR) is 77.2 cm³/mol. The van der Waals surface area contributed by atoms with Gasteiger partial charge in [0.1, 0.15) is 17.8 Å². The molecule has 0 bridgehead atoms. The van der Waals surface area contributed by atoms with Gasteiger partial charge in [0, 0.05) is 11.8 Å². The standard InChI is InChI=1S/C14H17ClN2O3/c1-4-11-13(18)16-8(2)14(19)17(11)9-5-6-10(15)12(7-9)20-3/h5-8,11H,4H2,1-3H3,(H,16,18). The van der Waals surface area contributed by atoms with Crippen LogP contribution in [0, 0.1) is 0 Å². The van der Waals surface area contributed by atoms with E-state index in [9.17, 15) is 9.59 Å². The summed E-state index contributed by atoms with van der Waals surface area (Å²) in [5.41, 5.74) is 0.616. The van der Waals surface area contributed by atoms with Crippen LogP contribution >= 0.6 is 11.6 Å². The van der Waals surface area contributed by atoms with Gasteiger partial charge in [-0.3, -0.25) is 14.5 Å². The van der Waals surface area contributed by atoms with E-state index in [4.69, 9.17) is 16.3 Å². The molecule has 6 heteroatoms. The fraction of sp³-hybridized carbons (Fsp3) is 0.429. The lowest BCUT2D eigenvalue weighted by Gasteiger charge is -2.37. The summed E-state index contributed by atoms with van der Waals surface area (Å²) in [6.45, 7) is 3.54. The number of nitrogens with zero attached hydrogens (tertiary/aromatic N) is 1. The van der Waals surface area contributed by atoms with Crippen molar-refractivity contribution in [2.45, 2.75) is 32.4 Å². The van der Waals surface area contributed by atoms with Gasteiger partial charge in [0.25, 0.3) is 0 Å². The number of nitrogens with one attached hydrogen (secondary N) is 1. The van der Waals surface area contributed by atoms with E-state index >= 15 is 0 Å². The van der Waals surface area contributed by atoms with Crippen LogP contribution in [0.2, 0.25) is 5.02 Å². The van der Waals surface area contributed by atoms with Crippen molar-refractivity contribution in [3.8, 4) is 5.75 Å². The monoisotopic (exact) mass is 296 g/mol. The quantitative estimate of drug-likeness (QED) is 0.928. The summed E-state index contributed by atoms with van der Waals surface area (Å²) in [6, 6.07) is 4.01. The van der Waals surface area contributed by atoms with Crippen LogP contribution in [0.15, 0.2) is 18.2 Å². The molecule has 1 saturated heterocycles. The number of piperazine rings is 1. The number of hydrogen-bond donors (Lipinski definition) is 1. The fourth-order valence-corrected chi connectivity index (χ4v) is 2.52. The SMILES string of the molecule is CCC1C(=O)NC(C)C(=O)N1c1ccc(Cl)c(OC)c1. The second-order valence-corrected chi connectivity index (χ2v) is 5.09. The Kier molecular flexibility index (Phi) is 4.18. The zero-order valence-electron chi connectivity index (χ0n) is 11.6. The van der Waals surface area contributed by atoms with E-state index in [0.717, 1.165) is 0 Å². The summed E-state index contributed by atoms with van der Waals surface area (Å²) >= 11 is 5.99. The van der Waals surface area contributed by atoms with Gasteiger partial charge in [-0.2, -0.15) is 0 Å². The second-order valence-electron chi connectivity index (χ2n) is 4.68. The molecule has 1 N–H and O–H groups in total. The Bertz CT molecular complexity index is 547. The van der Waals surface area contributed by atoms with Gasteiger partial charge >= 0.3 is 0 Å². The number of carbonyl (C=O) groups is 2. The summed E-state index contributed by atoms with van der Waals surface area (Å²) in [5.74, 6) is 0.194. The zero-order valence-corrected chi connectivity index (χ0v) is 12.4. The molecule has 1 aromatic carbocycles. The fourth-order valence-electron chi connectivity index (χ4n) is 2.32. The van der Waals surface area contributed by atoms with Crippen LogP contribution in [-0.4, -0.2) is 31.0 Å². The summed E-state index contributed by atoms with van der Waals surface area (Å²) in [5, 5.41) is 3.15. The van der Waals surface area contributed by atoms with E-state index in [1.165, 1.54) is 12.0 Å². The highest BCUT2D eigenvalue weighted by Gasteiger charge is 2.38. The van der Waals surface area contributed by atoms with Gasteiger partial charge in [0.2, 0.25) is 11.8 Å². The molecule has 1 aliphatic rings. The van der Waals surface area contributed by atoms with Gasteiger partial charge in [-0.15, -0.1) is 0 Å². The molecule has 20 heavy (non-hydrogen) atoms. The molecule has 0 radical (unpaired) electrons. The van der Waals surface area contributed by atoms with E-state index in [2.05, 4.69) is 5.32 Å². The first-order valence-electron chi connectivity index (χ1n) is 6.46. The minimum atomic E-state index is -0.535. The van der Waals surface area contributed by atoms with Crippen molar-refractivity contribution in [3.05, 3.63) is 23.2 Å². The van der Waals surface area contributed by atoms with Crippen molar-refractivity contribution in [1.82, 2.24) is 5.32 Å². The number of methoxy groups -OCH3 is 1. The Balaban J connectivity index is 2.46. The molecule has 0 spiro atoms. The molecule has 1 aromatic rings. The third-order valence-electron chi connectivity index (χ3n) is 3.38. The molecule has 2 amide bonds. The van der Waals surface area contributed by atoms with Crippen molar-refractivity contribution in [2.24, 2.45) is 0 Å². The Morgan fingerprint density at radius 2 is 2.10 bits per heavy atom. The van der Waals surface area contributed by atoms with Gasteiger partial charge in [-0.05, 0) is 25.5 Å². The van der Waals surface area contributed by atoms with E-state index < -0.39 is 12.1 Å². The molecule has 1 aliphatic heterocycles. The number of halogens is 1. The van der Waals surface area contributed by atoms with Crippen LogP contribution in [-0.2, 0) is 9.59 Å². The van der Waals surface area contributed by atoms with E-state index in [-0.39, 0.29) is 11.8 Å². The number of carbonyl (C=O) groups excluding carboxylic acids is 2. The van der Waals surface area contributed by atoms with Gasteiger partial charge < -0.3 is 10.1 Å². The van der Waals surface area contributed by atoms with Crippen molar-refractivity contribution in [3.63, 3.8) is 0 Å². The van der Waals surface area contributed by atoms with Crippen LogP contribution in [0.1, 0.15) is 20.3 Å². The first-order chi connectivity index (χ1) is 9.49. The molecule has 2 atom stereocenters. The van der Waals surface area contributed by atoms with Crippen molar-refractivity contribution < 1.29 is 14.3 Å². The molecule has 1 fully saturated rings. The van der Waals surface area contributed by atoms with Gasteiger partial charge in [0.15, 0.2) is 0 Å². The molecule has 108 valence electrons. The number of anilines is 1. The Labute approximate surface area is 122 Å². The van der Waals surface area contributed by atoms with E-state index in [1.807, 2.05) is 6.92 Å². The lowest BCUT2D eigenvalue weighted by Crippen LogP contribution is -2.62. The molecule has 0 aliphatic carbocycles. The molecule has 5 nitrogen and oxygen atoms in total. The molecular formula is C14H17ClN2O3. The number of rotatable bonds is 3. The average Bonchev–Trinajstić information content (AvgIpc) is 2.43. The Hall–Kier alpha value is -1.75. The maximum atomic E-state index is 12.4. The van der Waals surface area contributed by atoms with Crippen molar-refractivity contribution in [1.29, 1.82) is 0 Å².